The van der Waals surface area contributed by atoms with Crippen LogP contribution in [0.5, 0.6) is 0 Å². The van der Waals surface area contributed by atoms with Crippen molar-refractivity contribution in [2.75, 3.05) is 6.54 Å². The lowest BCUT2D eigenvalue weighted by Gasteiger charge is -2.22. The van der Waals surface area contributed by atoms with Crippen LogP contribution in [0.2, 0.25) is 0 Å². The van der Waals surface area contributed by atoms with E-state index in [0.717, 1.165) is 11.1 Å². The highest BCUT2D eigenvalue weighted by molar-refractivity contribution is 5.83. The Bertz CT molecular complexity index is 580. The Balaban J connectivity index is 2.12. The molecule has 0 spiro atoms. The average molecular weight is 296 g/mol. The Morgan fingerprint density at radius 1 is 0.864 bits per heavy atom. The number of guanidine groups is 1. The molecule has 0 saturated carbocycles. The van der Waals surface area contributed by atoms with Crippen LogP contribution < -0.4 is 11.5 Å². The predicted octanol–water partition coefficient (Wildman–Crippen LogP) is 1.49. The van der Waals surface area contributed by atoms with E-state index in [2.05, 4.69) is 4.99 Å². The van der Waals surface area contributed by atoms with Crippen LogP contribution in [0.4, 0.5) is 0 Å². The number of hydrogen-bond donors (Lipinski definition) is 2. The van der Waals surface area contributed by atoms with Gasteiger partial charge in [-0.2, -0.15) is 0 Å². The number of amides is 1. The van der Waals surface area contributed by atoms with Crippen LogP contribution in [0.1, 0.15) is 11.1 Å². The summed E-state index contributed by atoms with van der Waals surface area (Å²) < 4.78 is 0. The Kier molecular flexibility index (Phi) is 5.54. The van der Waals surface area contributed by atoms with Crippen LogP contribution in [-0.4, -0.2) is 23.3 Å². The second-order valence-electron chi connectivity index (χ2n) is 4.96. The number of carbonyl (C=O) groups is 1. The van der Waals surface area contributed by atoms with Gasteiger partial charge in [-0.25, -0.2) is 4.99 Å². The molecule has 0 saturated heterocycles. The molecule has 2 aromatic rings. The zero-order valence-electron chi connectivity index (χ0n) is 12.4. The maximum Gasteiger partial charge on any atom is 0.244 e. The van der Waals surface area contributed by atoms with Gasteiger partial charge < -0.3 is 16.4 Å². The molecule has 4 N–H and O–H groups in total. The largest absolute Gasteiger partial charge is 0.370 e. The molecule has 0 aliphatic carbocycles. The van der Waals surface area contributed by atoms with Crippen LogP contribution in [0.15, 0.2) is 65.7 Å². The van der Waals surface area contributed by atoms with Gasteiger partial charge in [0, 0.05) is 13.1 Å². The summed E-state index contributed by atoms with van der Waals surface area (Å²) in [7, 11) is 0. The van der Waals surface area contributed by atoms with Crippen molar-refractivity contribution in [3.8, 4) is 0 Å². The van der Waals surface area contributed by atoms with Gasteiger partial charge in [-0.1, -0.05) is 60.7 Å². The van der Waals surface area contributed by atoms with E-state index in [1.165, 1.54) is 0 Å². The highest BCUT2D eigenvalue weighted by Gasteiger charge is 2.14. The molecule has 2 rings (SSSR count). The fraction of sp³-hybridized carbons (Fsp3) is 0.176. The molecule has 1 amide bonds. The van der Waals surface area contributed by atoms with Crippen molar-refractivity contribution >= 4 is 11.9 Å². The quantitative estimate of drug-likeness (QED) is 0.625. The summed E-state index contributed by atoms with van der Waals surface area (Å²) in [5.74, 6) is -0.186. The van der Waals surface area contributed by atoms with E-state index in [0.29, 0.717) is 13.1 Å². The van der Waals surface area contributed by atoms with Crippen molar-refractivity contribution in [1.82, 2.24) is 4.90 Å². The van der Waals surface area contributed by atoms with Crippen molar-refractivity contribution in [3.63, 3.8) is 0 Å². The number of carbonyl (C=O) groups excluding carboxylic acids is 1. The minimum Gasteiger partial charge on any atom is -0.370 e. The first-order chi connectivity index (χ1) is 10.6. The first kappa shape index (κ1) is 15.6. The van der Waals surface area contributed by atoms with Crippen molar-refractivity contribution in [1.29, 1.82) is 0 Å². The average Bonchev–Trinajstić information content (AvgIpc) is 2.54. The zero-order chi connectivity index (χ0) is 15.8. The minimum absolute atomic E-state index is 0.0397. The molecular weight excluding hydrogens is 276 g/mol. The minimum atomic E-state index is -0.110. The number of nitrogens with zero attached hydrogens (tertiary/aromatic N) is 2. The summed E-state index contributed by atoms with van der Waals surface area (Å²) >= 11 is 0. The Hall–Kier alpha value is -2.82. The van der Waals surface area contributed by atoms with Gasteiger partial charge in [0.15, 0.2) is 5.96 Å². The molecule has 0 radical (unpaired) electrons. The summed E-state index contributed by atoms with van der Waals surface area (Å²) in [5, 5.41) is 0. The maximum absolute atomic E-state index is 12.4. The smallest absolute Gasteiger partial charge is 0.244 e. The third kappa shape index (κ3) is 4.94. The van der Waals surface area contributed by atoms with Gasteiger partial charge in [-0.15, -0.1) is 0 Å². The summed E-state index contributed by atoms with van der Waals surface area (Å²) in [4.78, 5) is 17.9. The van der Waals surface area contributed by atoms with E-state index < -0.39 is 0 Å². The van der Waals surface area contributed by atoms with E-state index >= 15 is 0 Å². The lowest BCUT2D eigenvalue weighted by Crippen LogP contribution is -2.33. The maximum atomic E-state index is 12.4. The first-order valence-corrected chi connectivity index (χ1v) is 7.06. The molecule has 5 nitrogen and oxygen atoms in total. The second kappa shape index (κ2) is 7.83. The molecular formula is C17H20N4O. The van der Waals surface area contributed by atoms with Crippen molar-refractivity contribution in [3.05, 3.63) is 71.8 Å². The third-order valence-corrected chi connectivity index (χ3v) is 3.18. The van der Waals surface area contributed by atoms with Crippen LogP contribution >= 0.6 is 0 Å². The zero-order valence-corrected chi connectivity index (χ0v) is 12.4. The van der Waals surface area contributed by atoms with Crippen LogP contribution in [0.25, 0.3) is 0 Å². The summed E-state index contributed by atoms with van der Waals surface area (Å²) in [6.45, 7) is 1.01. The predicted molar refractivity (Wildman–Crippen MR) is 87.8 cm³/mol. The number of hydrogen-bond acceptors (Lipinski definition) is 2. The van der Waals surface area contributed by atoms with E-state index in [1.807, 2.05) is 60.7 Å². The molecule has 22 heavy (non-hydrogen) atoms. The fourth-order valence-corrected chi connectivity index (χ4v) is 2.10. The van der Waals surface area contributed by atoms with Gasteiger partial charge in [0.05, 0.1) is 0 Å². The van der Waals surface area contributed by atoms with E-state index in [4.69, 9.17) is 11.5 Å². The second-order valence-corrected chi connectivity index (χ2v) is 4.96. The molecule has 5 heteroatoms. The number of rotatable bonds is 6. The van der Waals surface area contributed by atoms with Crippen molar-refractivity contribution < 1.29 is 4.79 Å². The highest BCUT2D eigenvalue weighted by Crippen LogP contribution is 2.10. The molecule has 0 atom stereocenters. The van der Waals surface area contributed by atoms with E-state index in [1.54, 1.807) is 4.90 Å². The molecule has 0 heterocycles. The topological polar surface area (TPSA) is 84.7 Å². The molecule has 0 aliphatic rings. The van der Waals surface area contributed by atoms with Gasteiger partial charge in [-0.3, -0.25) is 4.79 Å². The molecule has 0 unspecified atom stereocenters. The van der Waals surface area contributed by atoms with Crippen molar-refractivity contribution in [2.24, 2.45) is 16.5 Å². The van der Waals surface area contributed by atoms with Crippen LogP contribution in [-0.2, 0) is 17.9 Å². The Morgan fingerprint density at radius 3 is 1.73 bits per heavy atom. The summed E-state index contributed by atoms with van der Waals surface area (Å²) in [6, 6.07) is 19.7. The molecule has 2 aromatic carbocycles. The van der Waals surface area contributed by atoms with Crippen LogP contribution in [0.3, 0.4) is 0 Å². The number of nitrogens with two attached hydrogens (primary N) is 2. The van der Waals surface area contributed by atoms with Crippen LogP contribution in [0, 0.1) is 0 Å². The standard InChI is InChI=1S/C17H20N4O/c18-17(19)20-11-16(22)21(12-14-7-3-1-4-8-14)13-15-9-5-2-6-10-15/h1-10H,11-13H2,(H4,18,19,20). The number of benzene rings is 2. The van der Waals surface area contributed by atoms with E-state index in [9.17, 15) is 4.79 Å². The molecule has 0 aliphatic heterocycles. The SMILES string of the molecule is NC(N)=NCC(=O)N(Cc1ccccc1)Cc1ccccc1. The number of aliphatic imine (C=N–C) groups is 1. The summed E-state index contributed by atoms with van der Waals surface area (Å²) in [5.41, 5.74) is 12.7. The van der Waals surface area contributed by atoms with Gasteiger partial charge in [0.2, 0.25) is 5.91 Å². The lowest BCUT2D eigenvalue weighted by molar-refractivity contribution is -0.130. The van der Waals surface area contributed by atoms with Gasteiger partial charge in [-0.05, 0) is 11.1 Å². The van der Waals surface area contributed by atoms with Gasteiger partial charge in [0.25, 0.3) is 0 Å². The highest BCUT2D eigenvalue weighted by atomic mass is 16.2. The third-order valence-electron chi connectivity index (χ3n) is 3.18. The molecule has 0 bridgehead atoms. The molecule has 0 aromatic heterocycles. The monoisotopic (exact) mass is 296 g/mol. The molecule has 0 fully saturated rings. The Labute approximate surface area is 130 Å². The van der Waals surface area contributed by atoms with Crippen molar-refractivity contribution in [2.45, 2.75) is 13.1 Å². The van der Waals surface area contributed by atoms with Gasteiger partial charge in [0.1, 0.15) is 6.54 Å². The normalized spacial score (nSPS) is 10.0. The van der Waals surface area contributed by atoms with Gasteiger partial charge >= 0.3 is 0 Å². The first-order valence-electron chi connectivity index (χ1n) is 7.06. The van der Waals surface area contributed by atoms with E-state index in [-0.39, 0.29) is 18.4 Å². The fourth-order valence-electron chi connectivity index (χ4n) is 2.10. The lowest BCUT2D eigenvalue weighted by atomic mass is 10.1. The molecule has 114 valence electrons. The Morgan fingerprint density at radius 2 is 1.32 bits per heavy atom. The summed E-state index contributed by atoms with van der Waals surface area (Å²) in [6.07, 6.45) is 0.